The van der Waals surface area contributed by atoms with Gasteiger partial charge in [-0.05, 0) is 55.5 Å². The molecule has 0 radical (unpaired) electrons. The molecule has 0 bridgehead atoms. The smallest absolute Gasteiger partial charge is 0.163 e. The van der Waals surface area contributed by atoms with E-state index in [4.69, 9.17) is 4.74 Å². The Morgan fingerprint density at radius 2 is 2.14 bits per heavy atom. The lowest BCUT2D eigenvalue weighted by molar-refractivity contribution is 0.101. The van der Waals surface area contributed by atoms with Gasteiger partial charge in [-0.25, -0.2) is 0 Å². The summed E-state index contributed by atoms with van der Waals surface area (Å²) in [5.41, 5.74) is 1.71. The van der Waals surface area contributed by atoms with Crippen LogP contribution in [0.15, 0.2) is 12.1 Å². The number of benzene rings is 1. The summed E-state index contributed by atoms with van der Waals surface area (Å²) in [6.07, 6.45) is 0. The van der Waals surface area contributed by atoms with Gasteiger partial charge in [0.15, 0.2) is 5.78 Å². The van der Waals surface area contributed by atoms with Gasteiger partial charge in [0.1, 0.15) is 5.75 Å². The first-order valence-electron chi connectivity index (χ1n) is 4.50. The first-order chi connectivity index (χ1) is 6.57. The molecule has 0 aliphatic heterocycles. The molecule has 0 aliphatic rings. The molecule has 1 rings (SSSR count). The highest BCUT2D eigenvalue weighted by molar-refractivity contribution is 14.1. The lowest BCUT2D eigenvalue weighted by Gasteiger charge is -2.12. The summed E-state index contributed by atoms with van der Waals surface area (Å²) in [7, 11) is 0. The lowest BCUT2D eigenvalue weighted by atomic mass is 10.1. The Balaban J connectivity index is 3.29. The van der Waals surface area contributed by atoms with E-state index in [1.807, 2.05) is 26.0 Å². The van der Waals surface area contributed by atoms with Gasteiger partial charge >= 0.3 is 0 Å². The Morgan fingerprint density at radius 3 is 2.64 bits per heavy atom. The summed E-state index contributed by atoms with van der Waals surface area (Å²) in [4.78, 5) is 11.3. The molecule has 0 fully saturated rings. The van der Waals surface area contributed by atoms with Gasteiger partial charge in [0.05, 0.1) is 12.2 Å². The van der Waals surface area contributed by atoms with Crippen LogP contribution in [0.1, 0.15) is 29.8 Å². The average Bonchev–Trinajstić information content (AvgIpc) is 2.13. The number of ether oxygens (including phenoxy) is 1. The molecule has 0 aliphatic carbocycles. The van der Waals surface area contributed by atoms with Crippen molar-refractivity contribution in [3.05, 3.63) is 26.8 Å². The molecule has 3 heteroatoms. The maximum atomic E-state index is 11.3. The summed E-state index contributed by atoms with van der Waals surface area (Å²) >= 11 is 2.24. The Morgan fingerprint density at radius 1 is 1.50 bits per heavy atom. The first kappa shape index (κ1) is 11.5. The zero-order valence-corrected chi connectivity index (χ0v) is 10.7. The van der Waals surface area contributed by atoms with Gasteiger partial charge in [0, 0.05) is 9.13 Å². The summed E-state index contributed by atoms with van der Waals surface area (Å²) < 4.78 is 6.61. The van der Waals surface area contributed by atoms with Gasteiger partial charge in [-0.3, -0.25) is 4.79 Å². The van der Waals surface area contributed by atoms with Crippen molar-refractivity contribution < 1.29 is 9.53 Å². The number of halogens is 1. The normalized spacial score (nSPS) is 10.0. The van der Waals surface area contributed by atoms with Gasteiger partial charge in [0.25, 0.3) is 0 Å². The van der Waals surface area contributed by atoms with Gasteiger partial charge < -0.3 is 4.74 Å². The molecular weight excluding hydrogens is 291 g/mol. The van der Waals surface area contributed by atoms with Crippen molar-refractivity contribution in [1.29, 1.82) is 0 Å². The molecule has 0 atom stereocenters. The van der Waals surface area contributed by atoms with Crippen molar-refractivity contribution in [2.24, 2.45) is 0 Å². The molecule has 0 amide bonds. The minimum atomic E-state index is 0.0490. The average molecular weight is 304 g/mol. The molecule has 1 aromatic carbocycles. The highest BCUT2D eigenvalue weighted by Crippen LogP contribution is 2.28. The Labute approximate surface area is 97.8 Å². The molecule has 0 heterocycles. The maximum Gasteiger partial charge on any atom is 0.163 e. The van der Waals surface area contributed by atoms with Gasteiger partial charge in [0.2, 0.25) is 0 Å². The van der Waals surface area contributed by atoms with Gasteiger partial charge in [-0.1, -0.05) is 0 Å². The van der Waals surface area contributed by atoms with Crippen molar-refractivity contribution in [3.8, 4) is 5.75 Å². The molecule has 0 saturated carbocycles. The highest BCUT2D eigenvalue weighted by Gasteiger charge is 2.12. The molecule has 0 saturated heterocycles. The molecule has 0 unspecified atom stereocenters. The Bertz CT molecular complexity index is 359. The van der Waals surface area contributed by atoms with Crippen LogP contribution in [0.25, 0.3) is 0 Å². The Kier molecular flexibility index (Phi) is 3.92. The predicted molar refractivity (Wildman–Crippen MR) is 65.1 cm³/mol. The van der Waals surface area contributed by atoms with Crippen molar-refractivity contribution in [2.75, 3.05) is 6.61 Å². The molecule has 0 spiro atoms. The van der Waals surface area contributed by atoms with E-state index in [2.05, 4.69) is 22.6 Å². The quantitative estimate of drug-likeness (QED) is 0.633. The van der Waals surface area contributed by atoms with E-state index < -0.39 is 0 Å². The van der Waals surface area contributed by atoms with Crippen LogP contribution in [-0.4, -0.2) is 12.4 Å². The fourth-order valence-corrected chi connectivity index (χ4v) is 1.70. The third-order valence-electron chi connectivity index (χ3n) is 2.01. The summed E-state index contributed by atoms with van der Waals surface area (Å²) in [6.45, 7) is 6.04. The van der Waals surface area contributed by atoms with E-state index in [9.17, 15) is 4.79 Å². The zero-order valence-electron chi connectivity index (χ0n) is 8.56. The van der Waals surface area contributed by atoms with Crippen LogP contribution >= 0.6 is 22.6 Å². The van der Waals surface area contributed by atoms with Crippen LogP contribution < -0.4 is 4.74 Å². The molecular formula is C11H13IO2. The van der Waals surface area contributed by atoms with Crippen molar-refractivity contribution >= 4 is 28.4 Å². The first-order valence-corrected chi connectivity index (χ1v) is 5.58. The summed E-state index contributed by atoms with van der Waals surface area (Å²) in [6, 6.07) is 3.76. The van der Waals surface area contributed by atoms with Crippen molar-refractivity contribution in [2.45, 2.75) is 20.8 Å². The van der Waals surface area contributed by atoms with Crippen LogP contribution in [0.2, 0.25) is 0 Å². The molecule has 1 aromatic rings. The summed E-state index contributed by atoms with van der Waals surface area (Å²) in [5, 5.41) is 0. The lowest BCUT2D eigenvalue weighted by Crippen LogP contribution is -2.03. The number of hydrogen-bond acceptors (Lipinski definition) is 2. The zero-order chi connectivity index (χ0) is 10.7. The number of ketones is 1. The minimum Gasteiger partial charge on any atom is -0.493 e. The van der Waals surface area contributed by atoms with Gasteiger partial charge in [-0.2, -0.15) is 0 Å². The van der Waals surface area contributed by atoms with E-state index in [1.54, 1.807) is 6.92 Å². The standard InChI is InChI=1S/C11H13IO2/c1-4-14-11-7(2)10(12)6-5-9(11)8(3)13/h5-6H,4H2,1-3H3. The molecule has 0 aromatic heterocycles. The third kappa shape index (κ3) is 2.26. The number of Topliss-reactive ketones (excluding diaryl/α,β-unsaturated/α-hetero) is 1. The van der Waals surface area contributed by atoms with Crippen LogP contribution in [0.3, 0.4) is 0 Å². The number of rotatable bonds is 3. The van der Waals surface area contributed by atoms with Crippen LogP contribution in [-0.2, 0) is 0 Å². The van der Waals surface area contributed by atoms with Crippen LogP contribution in [0.5, 0.6) is 5.75 Å². The predicted octanol–water partition coefficient (Wildman–Crippen LogP) is 3.20. The van der Waals surface area contributed by atoms with Crippen molar-refractivity contribution in [3.63, 3.8) is 0 Å². The van der Waals surface area contributed by atoms with Crippen LogP contribution in [0, 0.1) is 10.5 Å². The fourth-order valence-electron chi connectivity index (χ4n) is 1.28. The molecule has 76 valence electrons. The Hall–Kier alpha value is -0.580. The molecule has 14 heavy (non-hydrogen) atoms. The number of carbonyl (C=O) groups excluding carboxylic acids is 1. The second-order valence-electron chi connectivity index (χ2n) is 3.04. The maximum absolute atomic E-state index is 11.3. The largest absolute Gasteiger partial charge is 0.493 e. The fraction of sp³-hybridized carbons (Fsp3) is 0.364. The van der Waals surface area contributed by atoms with Crippen molar-refractivity contribution in [1.82, 2.24) is 0 Å². The van der Waals surface area contributed by atoms with Gasteiger partial charge in [-0.15, -0.1) is 0 Å². The topological polar surface area (TPSA) is 26.3 Å². The number of carbonyl (C=O) groups is 1. The van der Waals surface area contributed by atoms with Crippen LogP contribution in [0.4, 0.5) is 0 Å². The third-order valence-corrected chi connectivity index (χ3v) is 3.18. The molecule has 0 N–H and O–H groups in total. The van der Waals surface area contributed by atoms with E-state index in [0.29, 0.717) is 12.2 Å². The minimum absolute atomic E-state index is 0.0490. The van der Waals surface area contributed by atoms with E-state index in [0.717, 1.165) is 14.9 Å². The SMILES string of the molecule is CCOc1c(C(C)=O)ccc(I)c1C. The van der Waals surface area contributed by atoms with E-state index in [1.165, 1.54) is 0 Å². The molecule has 2 nitrogen and oxygen atoms in total. The summed E-state index contributed by atoms with van der Waals surface area (Å²) in [5.74, 6) is 0.778. The highest BCUT2D eigenvalue weighted by atomic mass is 127. The monoisotopic (exact) mass is 304 g/mol. The number of hydrogen-bond donors (Lipinski definition) is 0. The van der Waals surface area contributed by atoms with E-state index >= 15 is 0 Å². The van der Waals surface area contributed by atoms with E-state index in [-0.39, 0.29) is 5.78 Å². The second-order valence-corrected chi connectivity index (χ2v) is 4.20. The second kappa shape index (κ2) is 4.77.